The normalized spacial score (nSPS) is 16.6. The third kappa shape index (κ3) is 4.34. The Morgan fingerprint density at radius 1 is 1.17 bits per heavy atom. The standard InChI is InChI=1S/C16H25NO/c1-3-4-5-12-18-15-8-6-14(7-9-15)13-17-16(2)10-11-16/h6-9,17H,3-5,10-13H2,1-2H3. The first-order chi connectivity index (χ1) is 8.72. The molecular weight excluding hydrogens is 222 g/mol. The van der Waals surface area contributed by atoms with Gasteiger partial charge in [0.15, 0.2) is 0 Å². The van der Waals surface area contributed by atoms with E-state index in [4.69, 9.17) is 4.74 Å². The molecule has 0 heterocycles. The van der Waals surface area contributed by atoms with Crippen LogP contribution in [0.5, 0.6) is 5.75 Å². The highest BCUT2D eigenvalue weighted by Crippen LogP contribution is 2.34. The van der Waals surface area contributed by atoms with Crippen LogP contribution < -0.4 is 10.1 Å². The maximum absolute atomic E-state index is 5.70. The van der Waals surface area contributed by atoms with E-state index in [1.54, 1.807) is 0 Å². The van der Waals surface area contributed by atoms with Crippen molar-refractivity contribution in [1.29, 1.82) is 0 Å². The van der Waals surface area contributed by atoms with Crippen LogP contribution in [-0.4, -0.2) is 12.1 Å². The van der Waals surface area contributed by atoms with Crippen molar-refractivity contribution in [3.05, 3.63) is 29.8 Å². The first-order valence-electron chi connectivity index (χ1n) is 7.19. The fourth-order valence-electron chi connectivity index (χ4n) is 1.93. The van der Waals surface area contributed by atoms with Crippen molar-refractivity contribution in [2.45, 2.75) is 58.0 Å². The molecule has 2 heteroatoms. The third-order valence-electron chi connectivity index (χ3n) is 3.66. The Hall–Kier alpha value is -1.02. The lowest BCUT2D eigenvalue weighted by atomic mass is 10.2. The number of rotatable bonds is 8. The number of hydrogen-bond donors (Lipinski definition) is 1. The molecule has 0 bridgehead atoms. The van der Waals surface area contributed by atoms with Crippen LogP contribution in [0.1, 0.15) is 51.5 Å². The maximum atomic E-state index is 5.70. The van der Waals surface area contributed by atoms with Gasteiger partial charge in [-0.3, -0.25) is 0 Å². The average molecular weight is 247 g/mol. The Labute approximate surface area is 111 Å². The highest BCUT2D eigenvalue weighted by atomic mass is 16.5. The summed E-state index contributed by atoms with van der Waals surface area (Å²) in [5, 5.41) is 3.59. The van der Waals surface area contributed by atoms with Crippen molar-refractivity contribution in [1.82, 2.24) is 5.32 Å². The zero-order chi connectivity index (χ0) is 12.8. The molecule has 0 atom stereocenters. The summed E-state index contributed by atoms with van der Waals surface area (Å²) in [4.78, 5) is 0. The van der Waals surface area contributed by atoms with Crippen LogP contribution in [0, 0.1) is 0 Å². The summed E-state index contributed by atoms with van der Waals surface area (Å²) >= 11 is 0. The topological polar surface area (TPSA) is 21.3 Å². The summed E-state index contributed by atoms with van der Waals surface area (Å²) in [6.45, 7) is 6.30. The molecule has 2 rings (SSSR count). The summed E-state index contributed by atoms with van der Waals surface area (Å²) < 4.78 is 5.70. The monoisotopic (exact) mass is 247 g/mol. The van der Waals surface area contributed by atoms with Gasteiger partial charge in [0.1, 0.15) is 5.75 Å². The summed E-state index contributed by atoms with van der Waals surface area (Å²) in [6.07, 6.45) is 6.27. The van der Waals surface area contributed by atoms with E-state index in [-0.39, 0.29) is 0 Å². The first-order valence-corrected chi connectivity index (χ1v) is 7.19. The first kappa shape index (κ1) is 13.4. The van der Waals surface area contributed by atoms with Gasteiger partial charge in [-0.05, 0) is 43.9 Å². The highest BCUT2D eigenvalue weighted by Gasteiger charge is 2.36. The summed E-state index contributed by atoms with van der Waals surface area (Å²) in [5.74, 6) is 0.993. The Morgan fingerprint density at radius 2 is 1.89 bits per heavy atom. The van der Waals surface area contributed by atoms with Crippen molar-refractivity contribution in [2.24, 2.45) is 0 Å². The summed E-state index contributed by atoms with van der Waals surface area (Å²) in [5.41, 5.74) is 1.75. The Balaban J connectivity index is 1.71. The van der Waals surface area contributed by atoms with E-state index in [2.05, 4.69) is 43.4 Å². The number of benzene rings is 1. The van der Waals surface area contributed by atoms with E-state index >= 15 is 0 Å². The van der Waals surface area contributed by atoms with Crippen LogP contribution in [-0.2, 0) is 6.54 Å². The molecule has 0 amide bonds. The molecular formula is C16H25NO. The van der Waals surface area contributed by atoms with E-state index in [1.165, 1.54) is 31.2 Å². The molecule has 1 aliphatic rings. The number of unbranched alkanes of at least 4 members (excludes halogenated alkanes) is 2. The van der Waals surface area contributed by atoms with Crippen molar-refractivity contribution < 1.29 is 4.74 Å². The third-order valence-corrected chi connectivity index (χ3v) is 3.66. The Morgan fingerprint density at radius 3 is 2.50 bits per heavy atom. The molecule has 1 fully saturated rings. The van der Waals surface area contributed by atoms with E-state index in [0.717, 1.165) is 25.3 Å². The minimum absolute atomic E-state index is 0.412. The predicted octanol–water partition coefficient (Wildman–Crippen LogP) is 3.90. The molecule has 0 unspecified atom stereocenters. The number of hydrogen-bond acceptors (Lipinski definition) is 2. The quantitative estimate of drug-likeness (QED) is 0.703. The second-order valence-corrected chi connectivity index (χ2v) is 5.61. The fraction of sp³-hybridized carbons (Fsp3) is 0.625. The molecule has 1 aliphatic carbocycles. The van der Waals surface area contributed by atoms with E-state index < -0.39 is 0 Å². The zero-order valence-corrected chi connectivity index (χ0v) is 11.7. The highest BCUT2D eigenvalue weighted by molar-refractivity contribution is 5.27. The Kier molecular flexibility index (Phi) is 4.65. The van der Waals surface area contributed by atoms with Gasteiger partial charge in [-0.25, -0.2) is 0 Å². The van der Waals surface area contributed by atoms with Crippen molar-refractivity contribution >= 4 is 0 Å². The van der Waals surface area contributed by atoms with Gasteiger partial charge in [0.2, 0.25) is 0 Å². The zero-order valence-electron chi connectivity index (χ0n) is 11.7. The van der Waals surface area contributed by atoms with Crippen LogP contribution in [0.15, 0.2) is 24.3 Å². The second kappa shape index (κ2) is 6.24. The molecule has 1 aromatic carbocycles. The van der Waals surface area contributed by atoms with Crippen LogP contribution in [0.3, 0.4) is 0 Å². The maximum Gasteiger partial charge on any atom is 0.119 e. The largest absolute Gasteiger partial charge is 0.494 e. The summed E-state index contributed by atoms with van der Waals surface area (Å²) in [7, 11) is 0. The average Bonchev–Trinajstić information content (AvgIpc) is 3.12. The molecule has 100 valence electrons. The molecule has 1 N–H and O–H groups in total. The van der Waals surface area contributed by atoms with Gasteiger partial charge in [0.05, 0.1) is 6.61 Å². The SMILES string of the molecule is CCCCCOc1ccc(CNC2(C)CC2)cc1. The minimum Gasteiger partial charge on any atom is -0.494 e. The van der Waals surface area contributed by atoms with Crippen molar-refractivity contribution in [2.75, 3.05) is 6.61 Å². The van der Waals surface area contributed by atoms with E-state index in [9.17, 15) is 0 Å². The van der Waals surface area contributed by atoms with E-state index in [1.807, 2.05) is 0 Å². The molecule has 0 aromatic heterocycles. The van der Waals surface area contributed by atoms with E-state index in [0.29, 0.717) is 5.54 Å². The van der Waals surface area contributed by atoms with Gasteiger partial charge >= 0.3 is 0 Å². The molecule has 0 aliphatic heterocycles. The lowest BCUT2D eigenvalue weighted by Gasteiger charge is -2.11. The minimum atomic E-state index is 0.412. The van der Waals surface area contributed by atoms with Crippen LogP contribution >= 0.6 is 0 Å². The van der Waals surface area contributed by atoms with Crippen LogP contribution in [0.2, 0.25) is 0 Å². The number of ether oxygens (including phenoxy) is 1. The molecule has 0 saturated heterocycles. The predicted molar refractivity (Wildman–Crippen MR) is 75.9 cm³/mol. The lowest BCUT2D eigenvalue weighted by molar-refractivity contribution is 0.306. The molecule has 0 spiro atoms. The smallest absolute Gasteiger partial charge is 0.119 e. The molecule has 2 nitrogen and oxygen atoms in total. The molecule has 1 saturated carbocycles. The van der Waals surface area contributed by atoms with Gasteiger partial charge in [0.25, 0.3) is 0 Å². The second-order valence-electron chi connectivity index (χ2n) is 5.61. The summed E-state index contributed by atoms with van der Waals surface area (Å²) in [6, 6.07) is 8.48. The number of nitrogens with one attached hydrogen (secondary N) is 1. The van der Waals surface area contributed by atoms with Crippen LogP contribution in [0.4, 0.5) is 0 Å². The molecule has 0 radical (unpaired) electrons. The van der Waals surface area contributed by atoms with Gasteiger partial charge < -0.3 is 10.1 Å². The van der Waals surface area contributed by atoms with Crippen molar-refractivity contribution in [3.63, 3.8) is 0 Å². The molecule has 1 aromatic rings. The molecule has 18 heavy (non-hydrogen) atoms. The lowest BCUT2D eigenvalue weighted by Crippen LogP contribution is -2.26. The van der Waals surface area contributed by atoms with Crippen LogP contribution in [0.25, 0.3) is 0 Å². The van der Waals surface area contributed by atoms with Gasteiger partial charge in [-0.2, -0.15) is 0 Å². The van der Waals surface area contributed by atoms with Gasteiger partial charge in [-0.1, -0.05) is 31.9 Å². The van der Waals surface area contributed by atoms with Crippen molar-refractivity contribution in [3.8, 4) is 5.75 Å². The van der Waals surface area contributed by atoms with Gasteiger partial charge in [0, 0.05) is 12.1 Å². The van der Waals surface area contributed by atoms with Gasteiger partial charge in [-0.15, -0.1) is 0 Å². The fourth-order valence-corrected chi connectivity index (χ4v) is 1.93. The Bertz CT molecular complexity index is 354.